The van der Waals surface area contributed by atoms with Gasteiger partial charge in [-0.1, -0.05) is 0 Å². The molecule has 0 N–H and O–H groups in total. The maximum absolute atomic E-state index is 4.16. The van der Waals surface area contributed by atoms with Crippen LogP contribution in [0.1, 0.15) is 0 Å². The molecule has 0 fully saturated rings. The first-order valence-electron chi connectivity index (χ1n) is 4.21. The van der Waals surface area contributed by atoms with Crippen LogP contribution in [0.4, 0.5) is 11.4 Å². The van der Waals surface area contributed by atoms with Crippen LogP contribution < -0.4 is 0 Å². The first-order valence-corrected chi connectivity index (χ1v) is 4.94. The van der Waals surface area contributed by atoms with Crippen molar-refractivity contribution in [2.75, 3.05) is 14.1 Å². The molecule has 2 rings (SSSR count). The molecule has 0 aliphatic rings. The zero-order chi connectivity index (χ0) is 10.7. The van der Waals surface area contributed by atoms with E-state index in [2.05, 4.69) is 29.2 Å². The van der Waals surface area contributed by atoms with Crippen molar-refractivity contribution in [3.05, 3.63) is 12.1 Å². The van der Waals surface area contributed by atoms with Gasteiger partial charge in [0, 0.05) is 14.1 Å². The van der Waals surface area contributed by atoms with E-state index in [0.29, 0.717) is 11.4 Å². The van der Waals surface area contributed by atoms with Gasteiger partial charge in [-0.25, -0.2) is 0 Å². The van der Waals surface area contributed by atoms with Crippen LogP contribution in [0.3, 0.4) is 0 Å². The summed E-state index contributed by atoms with van der Waals surface area (Å²) in [5.74, 6) is 0. The van der Waals surface area contributed by atoms with Crippen LogP contribution in [0.5, 0.6) is 0 Å². The summed E-state index contributed by atoms with van der Waals surface area (Å²) in [5, 5.41) is 15.4. The number of azo groups is 2. The minimum absolute atomic E-state index is 0.705. The maximum atomic E-state index is 4.16. The molecule has 1 heterocycles. The van der Waals surface area contributed by atoms with Gasteiger partial charge in [0.15, 0.2) is 0 Å². The number of rotatable bonds is 2. The van der Waals surface area contributed by atoms with Crippen molar-refractivity contribution < 1.29 is 0 Å². The fraction of sp³-hybridized carbons (Fsp3) is 0.250. The molecule has 0 bridgehead atoms. The Balaban J connectivity index is 2.70. The third-order valence-electron chi connectivity index (χ3n) is 1.79. The maximum Gasteiger partial charge on any atom is 0.134 e. The minimum atomic E-state index is 0.705. The summed E-state index contributed by atoms with van der Waals surface area (Å²) < 4.78 is 8.31. The Morgan fingerprint density at radius 1 is 0.933 bits per heavy atom. The first kappa shape index (κ1) is 9.78. The van der Waals surface area contributed by atoms with Gasteiger partial charge in [0.2, 0.25) is 0 Å². The van der Waals surface area contributed by atoms with Crippen LogP contribution in [-0.2, 0) is 0 Å². The summed E-state index contributed by atoms with van der Waals surface area (Å²) in [7, 11) is 3.23. The summed E-state index contributed by atoms with van der Waals surface area (Å²) in [6, 6.07) is 3.61. The fourth-order valence-electron chi connectivity index (χ4n) is 1.22. The smallest absolute Gasteiger partial charge is 0.134 e. The average Bonchev–Trinajstić information content (AvgIpc) is 2.71. The molecule has 0 saturated carbocycles. The van der Waals surface area contributed by atoms with E-state index in [1.54, 1.807) is 26.2 Å². The largest absolute Gasteiger partial charge is 0.192 e. The third-order valence-corrected chi connectivity index (χ3v) is 2.32. The number of hydrogen-bond acceptors (Lipinski definition) is 7. The first-order chi connectivity index (χ1) is 7.36. The zero-order valence-corrected chi connectivity index (χ0v) is 9.06. The monoisotopic (exact) mass is 220 g/mol. The van der Waals surface area contributed by atoms with E-state index >= 15 is 0 Å². The van der Waals surface area contributed by atoms with Crippen molar-refractivity contribution in [2.24, 2.45) is 20.5 Å². The quantitative estimate of drug-likeness (QED) is 0.729. The van der Waals surface area contributed by atoms with Gasteiger partial charge >= 0.3 is 0 Å². The second-order valence-electron chi connectivity index (χ2n) is 2.67. The molecule has 0 aliphatic heterocycles. The molecule has 0 spiro atoms. The lowest BCUT2D eigenvalue weighted by Crippen LogP contribution is -1.73. The Bertz CT molecular complexity index is 483. The van der Waals surface area contributed by atoms with Gasteiger partial charge in [0.05, 0.1) is 11.7 Å². The normalized spacial score (nSPS) is 12.1. The molecule has 0 aliphatic carbocycles. The molecule has 0 unspecified atom stereocenters. The minimum Gasteiger partial charge on any atom is -0.192 e. The lowest BCUT2D eigenvalue weighted by atomic mass is 10.2. The van der Waals surface area contributed by atoms with Gasteiger partial charge in [0.1, 0.15) is 22.4 Å². The molecule has 1 aromatic carbocycles. The molecule has 1 aromatic heterocycles. The molecule has 0 atom stereocenters. The van der Waals surface area contributed by atoms with Gasteiger partial charge < -0.3 is 0 Å². The molecule has 6 nitrogen and oxygen atoms in total. The van der Waals surface area contributed by atoms with E-state index in [0.717, 1.165) is 22.8 Å². The number of hydrogen-bond donors (Lipinski definition) is 0. The molecule has 0 amide bonds. The summed E-state index contributed by atoms with van der Waals surface area (Å²) in [6.07, 6.45) is 0. The SMILES string of the molecule is C/N=N/c1ccc(/N=N/C)c2nsnc12. The van der Waals surface area contributed by atoms with Crippen molar-refractivity contribution >= 4 is 34.1 Å². The Morgan fingerprint density at radius 2 is 1.40 bits per heavy atom. The molecule has 76 valence electrons. The van der Waals surface area contributed by atoms with Crippen molar-refractivity contribution in [1.29, 1.82) is 0 Å². The second-order valence-corrected chi connectivity index (χ2v) is 3.19. The second kappa shape index (κ2) is 4.18. The summed E-state index contributed by atoms with van der Waals surface area (Å²) >= 11 is 1.13. The zero-order valence-electron chi connectivity index (χ0n) is 8.25. The van der Waals surface area contributed by atoms with Gasteiger partial charge in [-0.05, 0) is 12.1 Å². The van der Waals surface area contributed by atoms with E-state index in [1.165, 1.54) is 0 Å². The molecule has 7 heteroatoms. The van der Waals surface area contributed by atoms with Gasteiger partial charge in [-0.15, -0.1) is 0 Å². The van der Waals surface area contributed by atoms with Crippen LogP contribution in [0.25, 0.3) is 11.0 Å². The van der Waals surface area contributed by atoms with E-state index in [4.69, 9.17) is 0 Å². The highest BCUT2D eigenvalue weighted by Gasteiger charge is 2.09. The van der Waals surface area contributed by atoms with Crippen LogP contribution in [0.2, 0.25) is 0 Å². The van der Waals surface area contributed by atoms with E-state index < -0.39 is 0 Å². The molecular formula is C8H8N6S. The highest BCUT2D eigenvalue weighted by atomic mass is 32.1. The summed E-state index contributed by atoms with van der Waals surface area (Å²) in [5.41, 5.74) is 2.85. The summed E-state index contributed by atoms with van der Waals surface area (Å²) in [6.45, 7) is 0. The lowest BCUT2D eigenvalue weighted by molar-refractivity contribution is 1.16. The van der Waals surface area contributed by atoms with Crippen molar-refractivity contribution in [3.8, 4) is 0 Å². The number of benzene rings is 1. The van der Waals surface area contributed by atoms with E-state index in [-0.39, 0.29) is 0 Å². The fourth-order valence-corrected chi connectivity index (χ4v) is 1.78. The van der Waals surface area contributed by atoms with Crippen LogP contribution >= 0.6 is 11.7 Å². The van der Waals surface area contributed by atoms with E-state index in [9.17, 15) is 0 Å². The van der Waals surface area contributed by atoms with Crippen LogP contribution in [0.15, 0.2) is 32.6 Å². The molecule has 0 radical (unpaired) electrons. The lowest BCUT2D eigenvalue weighted by Gasteiger charge is -1.95. The van der Waals surface area contributed by atoms with Gasteiger partial charge in [0.25, 0.3) is 0 Å². The van der Waals surface area contributed by atoms with Crippen molar-refractivity contribution in [2.45, 2.75) is 0 Å². The average molecular weight is 220 g/mol. The van der Waals surface area contributed by atoms with Crippen LogP contribution in [-0.4, -0.2) is 22.8 Å². The van der Waals surface area contributed by atoms with E-state index in [1.807, 2.05) is 0 Å². The number of aromatic nitrogens is 2. The Hall–Kier alpha value is -1.76. The highest BCUT2D eigenvalue weighted by molar-refractivity contribution is 7.00. The van der Waals surface area contributed by atoms with Crippen molar-refractivity contribution in [3.63, 3.8) is 0 Å². The predicted molar refractivity (Wildman–Crippen MR) is 58.3 cm³/mol. The standard InChI is InChI=1S/C8H8N6S/c1-9-11-5-3-4-6(12-10-2)8-7(5)13-15-14-8/h3-4H,1-2H3/b11-9+,12-10+. The number of fused-ring (bicyclic) bond motifs is 1. The molecule has 0 saturated heterocycles. The molecule has 2 aromatic rings. The molecule has 15 heavy (non-hydrogen) atoms. The summed E-state index contributed by atoms with van der Waals surface area (Å²) in [4.78, 5) is 0. The Morgan fingerprint density at radius 3 is 1.80 bits per heavy atom. The Labute approximate surface area is 90.1 Å². The van der Waals surface area contributed by atoms with Crippen molar-refractivity contribution in [1.82, 2.24) is 8.75 Å². The predicted octanol–water partition coefficient (Wildman–Crippen LogP) is 3.12. The van der Waals surface area contributed by atoms with Gasteiger partial charge in [-0.3, -0.25) is 0 Å². The number of nitrogens with zero attached hydrogens (tertiary/aromatic N) is 6. The third kappa shape index (κ3) is 1.73. The highest BCUT2D eigenvalue weighted by Crippen LogP contribution is 2.32. The molecular weight excluding hydrogens is 212 g/mol. The van der Waals surface area contributed by atoms with Gasteiger partial charge in [-0.2, -0.15) is 29.2 Å². The van der Waals surface area contributed by atoms with Crippen LogP contribution in [0, 0.1) is 0 Å². The Kier molecular flexibility index (Phi) is 2.72. The topological polar surface area (TPSA) is 75.2 Å².